The van der Waals surface area contributed by atoms with Crippen molar-refractivity contribution in [3.8, 4) is 29.1 Å². The number of piperazine rings is 1. The lowest BCUT2D eigenvalue weighted by Gasteiger charge is -2.60. The number of rotatable bonds is 4. The zero-order valence-electron chi connectivity index (χ0n) is 24.8. The molecule has 5 atom stereocenters. The summed E-state index contributed by atoms with van der Waals surface area (Å²) in [5.41, 5.74) is 6.86. The maximum absolute atomic E-state index is 13.2. The quantitative estimate of drug-likeness (QED) is 0.426. The van der Waals surface area contributed by atoms with E-state index in [9.17, 15) is 20.3 Å². The first-order chi connectivity index (χ1) is 20.7. The number of ether oxygens (including phenoxy) is 2. The molecular weight excluding hydrogens is 544 g/mol. The van der Waals surface area contributed by atoms with Crippen molar-refractivity contribution in [1.29, 1.82) is 5.26 Å². The molecule has 4 heterocycles. The van der Waals surface area contributed by atoms with E-state index in [0.717, 1.165) is 38.9 Å². The number of carbonyl (C=O) groups is 1. The molecule has 3 N–H and O–H groups in total. The van der Waals surface area contributed by atoms with Crippen LogP contribution in [-0.2, 0) is 24.1 Å². The molecule has 0 saturated carbocycles. The molecule has 1 unspecified atom stereocenters. The highest BCUT2D eigenvalue weighted by Crippen LogP contribution is 2.57. The van der Waals surface area contributed by atoms with Gasteiger partial charge >= 0.3 is 0 Å². The minimum atomic E-state index is -0.506. The molecule has 1 saturated heterocycles. The van der Waals surface area contributed by atoms with Gasteiger partial charge in [0.15, 0.2) is 11.5 Å². The number of amides is 1. The molecule has 0 aliphatic carbocycles. The highest BCUT2D eigenvalue weighted by molar-refractivity contribution is 5.78. The minimum absolute atomic E-state index is 0.0398. The summed E-state index contributed by atoms with van der Waals surface area (Å²) < 4.78 is 11.8. The van der Waals surface area contributed by atoms with E-state index in [4.69, 9.17) is 9.47 Å². The normalized spacial score (nSPS) is 25.3. The Morgan fingerprint density at radius 2 is 1.77 bits per heavy atom. The van der Waals surface area contributed by atoms with Gasteiger partial charge in [0.2, 0.25) is 12.7 Å². The number of benzene rings is 3. The molecule has 1 amide bonds. The SMILES string of the molecule is Cc1cc2c(c(O)c1C)[C@@H]1C3Cc4c(O)c(C)c5c(c4[C@H](CNC(=O)Cc4ccccc4)N3[C@@H](C#N)[C@H](C2)N1C)OCO5. The van der Waals surface area contributed by atoms with Gasteiger partial charge in [-0.1, -0.05) is 36.4 Å². The zero-order chi connectivity index (χ0) is 30.2. The third-order valence-corrected chi connectivity index (χ3v) is 10.2. The van der Waals surface area contributed by atoms with Gasteiger partial charge in [0.25, 0.3) is 0 Å². The molecule has 43 heavy (non-hydrogen) atoms. The van der Waals surface area contributed by atoms with Gasteiger partial charge in [0.1, 0.15) is 17.5 Å². The molecule has 9 nitrogen and oxygen atoms in total. The zero-order valence-corrected chi connectivity index (χ0v) is 24.8. The Kier molecular flexibility index (Phi) is 6.53. The summed E-state index contributed by atoms with van der Waals surface area (Å²) in [6.45, 7) is 6.03. The van der Waals surface area contributed by atoms with Crippen molar-refractivity contribution in [2.45, 2.75) is 70.2 Å². The van der Waals surface area contributed by atoms with Crippen molar-refractivity contribution in [3.63, 3.8) is 0 Å². The number of carbonyl (C=O) groups excluding carboxylic acids is 1. The fraction of sp³-hybridized carbons (Fsp3) is 0.412. The number of phenolic OH excluding ortho intramolecular Hbond substituents is 2. The number of aryl methyl sites for hydroxylation is 1. The third-order valence-electron chi connectivity index (χ3n) is 10.2. The smallest absolute Gasteiger partial charge is 0.231 e. The first-order valence-electron chi connectivity index (χ1n) is 14.9. The van der Waals surface area contributed by atoms with E-state index in [-0.39, 0.29) is 49.5 Å². The summed E-state index contributed by atoms with van der Waals surface area (Å²) in [6, 6.07) is 12.8. The lowest BCUT2D eigenvalue weighted by Crippen LogP contribution is -2.68. The van der Waals surface area contributed by atoms with Crippen LogP contribution in [0.5, 0.6) is 23.0 Å². The molecule has 4 aliphatic rings. The summed E-state index contributed by atoms with van der Waals surface area (Å²) >= 11 is 0. The summed E-state index contributed by atoms with van der Waals surface area (Å²) in [4.78, 5) is 17.7. The molecule has 0 spiro atoms. The standard InChI is InChI=1S/C34H36N4O5/c1-17-10-21-12-23-25(14-35)38-24(30(37(23)4)28(21)32(41)18(17)2)13-22-29(34-33(42-16-43-34)19(3)31(22)40)26(38)15-36-27(39)11-20-8-6-5-7-9-20/h5-10,23-26,30,40-41H,11-13,15-16H2,1-4H3,(H,36,39)/t23-,24?,25-,26-,30-/m0/s1. The Morgan fingerprint density at radius 3 is 2.51 bits per heavy atom. The van der Waals surface area contributed by atoms with Crippen LogP contribution in [0.15, 0.2) is 36.4 Å². The van der Waals surface area contributed by atoms with Gasteiger partial charge in [-0.05, 0) is 62.9 Å². The molecule has 4 aliphatic heterocycles. The molecule has 0 radical (unpaired) electrons. The van der Waals surface area contributed by atoms with Crippen LogP contribution in [0.2, 0.25) is 0 Å². The van der Waals surface area contributed by atoms with Crippen LogP contribution in [-0.4, -0.2) is 64.4 Å². The summed E-state index contributed by atoms with van der Waals surface area (Å²) in [6.07, 6.45) is 1.30. The minimum Gasteiger partial charge on any atom is -0.507 e. The number of fused-ring (bicyclic) bond motifs is 9. The molecular formula is C34H36N4O5. The Morgan fingerprint density at radius 1 is 1.02 bits per heavy atom. The number of likely N-dealkylation sites (N-methyl/N-ethyl adjacent to an activating group) is 1. The Bertz CT molecular complexity index is 1680. The number of nitrogens with zero attached hydrogens (tertiary/aromatic N) is 3. The van der Waals surface area contributed by atoms with Gasteiger partial charge in [-0.2, -0.15) is 5.26 Å². The van der Waals surface area contributed by atoms with Crippen molar-refractivity contribution in [2.24, 2.45) is 0 Å². The number of nitriles is 1. The Labute approximate surface area is 251 Å². The first-order valence-corrected chi connectivity index (χ1v) is 14.9. The van der Waals surface area contributed by atoms with E-state index in [2.05, 4.69) is 27.3 Å². The van der Waals surface area contributed by atoms with Gasteiger partial charge in [-0.15, -0.1) is 0 Å². The Hall–Kier alpha value is -4.26. The van der Waals surface area contributed by atoms with Crippen molar-refractivity contribution >= 4 is 5.91 Å². The third kappa shape index (κ3) is 4.08. The van der Waals surface area contributed by atoms with Gasteiger partial charge in [0, 0.05) is 40.9 Å². The number of hydrogen-bond acceptors (Lipinski definition) is 8. The molecule has 3 aromatic rings. The van der Waals surface area contributed by atoms with E-state index in [1.165, 1.54) is 0 Å². The van der Waals surface area contributed by atoms with Crippen molar-refractivity contribution in [3.05, 3.63) is 80.9 Å². The van der Waals surface area contributed by atoms with Crippen LogP contribution in [0.3, 0.4) is 0 Å². The fourth-order valence-electron chi connectivity index (χ4n) is 7.96. The highest BCUT2D eigenvalue weighted by atomic mass is 16.7. The Balaban J connectivity index is 1.37. The van der Waals surface area contributed by atoms with E-state index >= 15 is 0 Å². The first kappa shape index (κ1) is 27.6. The molecule has 3 aromatic carbocycles. The lowest BCUT2D eigenvalue weighted by molar-refractivity contribution is -0.121. The fourth-order valence-corrected chi connectivity index (χ4v) is 7.96. The van der Waals surface area contributed by atoms with Crippen molar-refractivity contribution in [2.75, 3.05) is 20.4 Å². The van der Waals surface area contributed by atoms with Gasteiger partial charge in [-0.25, -0.2) is 0 Å². The molecule has 222 valence electrons. The molecule has 1 fully saturated rings. The van der Waals surface area contributed by atoms with Crippen LogP contribution >= 0.6 is 0 Å². The summed E-state index contributed by atoms with van der Waals surface area (Å²) in [5, 5.41) is 36.9. The van der Waals surface area contributed by atoms with Crippen molar-refractivity contribution < 1.29 is 24.5 Å². The second-order valence-electron chi connectivity index (χ2n) is 12.3. The number of hydrogen-bond donors (Lipinski definition) is 3. The second-order valence-corrected chi connectivity index (χ2v) is 12.3. The lowest BCUT2D eigenvalue weighted by atomic mass is 9.71. The molecule has 0 aromatic heterocycles. The van der Waals surface area contributed by atoms with Crippen LogP contribution < -0.4 is 14.8 Å². The highest BCUT2D eigenvalue weighted by Gasteiger charge is 2.56. The van der Waals surface area contributed by atoms with Crippen LogP contribution in [0.25, 0.3) is 0 Å². The topological polar surface area (TPSA) is 118 Å². The summed E-state index contributed by atoms with van der Waals surface area (Å²) in [7, 11) is 2.03. The van der Waals surface area contributed by atoms with Gasteiger partial charge in [0.05, 0.1) is 24.6 Å². The van der Waals surface area contributed by atoms with Gasteiger partial charge < -0.3 is 25.0 Å². The van der Waals surface area contributed by atoms with Crippen LogP contribution in [0.4, 0.5) is 0 Å². The van der Waals surface area contributed by atoms with Crippen LogP contribution in [0.1, 0.15) is 56.6 Å². The maximum atomic E-state index is 13.2. The van der Waals surface area contributed by atoms with Gasteiger partial charge in [-0.3, -0.25) is 14.6 Å². The maximum Gasteiger partial charge on any atom is 0.231 e. The predicted octanol–water partition coefficient (Wildman–Crippen LogP) is 3.88. The van der Waals surface area contributed by atoms with E-state index in [0.29, 0.717) is 35.7 Å². The largest absolute Gasteiger partial charge is 0.507 e. The second kappa shape index (κ2) is 10.2. The molecule has 2 bridgehead atoms. The molecule has 9 heteroatoms. The van der Waals surface area contributed by atoms with E-state index in [1.54, 1.807) is 0 Å². The number of aromatic hydroxyl groups is 2. The van der Waals surface area contributed by atoms with E-state index < -0.39 is 12.1 Å². The molecule has 7 rings (SSSR count). The average molecular weight is 581 g/mol. The summed E-state index contributed by atoms with van der Waals surface area (Å²) in [5.74, 6) is 1.40. The van der Waals surface area contributed by atoms with Crippen LogP contribution in [0, 0.1) is 32.1 Å². The number of nitrogens with one attached hydrogen (secondary N) is 1. The number of phenols is 2. The average Bonchev–Trinajstić information content (AvgIpc) is 3.49. The predicted molar refractivity (Wildman–Crippen MR) is 159 cm³/mol. The van der Waals surface area contributed by atoms with Crippen molar-refractivity contribution in [1.82, 2.24) is 15.1 Å². The monoisotopic (exact) mass is 580 g/mol. The van der Waals surface area contributed by atoms with E-state index in [1.807, 2.05) is 58.2 Å².